The standard InChI is InChI=1S/C21H29NO2/c1-15(2)14-24-19-13-16(3)10-11-17(19)18-9-7-8-12-22(18)20(23)21(4,5)6/h7-11,13,15H,12,14H2,1-6H3. The highest BCUT2D eigenvalue weighted by molar-refractivity contribution is 5.92. The molecule has 0 atom stereocenters. The third-order valence-corrected chi connectivity index (χ3v) is 3.84. The number of ether oxygens (including phenoxy) is 1. The van der Waals surface area contributed by atoms with Gasteiger partial charge in [-0.3, -0.25) is 4.79 Å². The molecule has 2 rings (SSSR count). The molecule has 0 saturated carbocycles. The highest BCUT2D eigenvalue weighted by atomic mass is 16.5. The Balaban J connectivity index is 2.42. The Morgan fingerprint density at radius 2 is 2.00 bits per heavy atom. The van der Waals surface area contributed by atoms with Crippen molar-refractivity contribution in [3.05, 3.63) is 47.6 Å². The normalized spacial score (nSPS) is 14.8. The number of hydrogen-bond acceptors (Lipinski definition) is 2. The van der Waals surface area contributed by atoms with E-state index in [0.717, 1.165) is 22.6 Å². The lowest BCUT2D eigenvalue weighted by Crippen LogP contribution is -2.39. The minimum Gasteiger partial charge on any atom is -0.493 e. The van der Waals surface area contributed by atoms with Gasteiger partial charge in [-0.1, -0.05) is 52.8 Å². The molecule has 1 aliphatic heterocycles. The molecule has 1 heterocycles. The van der Waals surface area contributed by atoms with Crippen LogP contribution in [0.5, 0.6) is 5.75 Å². The number of carbonyl (C=O) groups excluding carboxylic acids is 1. The highest BCUT2D eigenvalue weighted by Gasteiger charge is 2.31. The summed E-state index contributed by atoms with van der Waals surface area (Å²) in [5, 5.41) is 0. The molecule has 24 heavy (non-hydrogen) atoms. The van der Waals surface area contributed by atoms with Gasteiger partial charge in [-0.05, 0) is 36.6 Å². The first kappa shape index (κ1) is 18.3. The molecule has 3 nitrogen and oxygen atoms in total. The van der Waals surface area contributed by atoms with Crippen molar-refractivity contribution in [2.24, 2.45) is 11.3 Å². The third kappa shape index (κ3) is 4.28. The minimum atomic E-state index is -0.423. The second kappa shape index (κ2) is 7.25. The summed E-state index contributed by atoms with van der Waals surface area (Å²) in [5.74, 6) is 1.41. The lowest BCUT2D eigenvalue weighted by atomic mass is 9.93. The first-order valence-corrected chi connectivity index (χ1v) is 8.62. The van der Waals surface area contributed by atoms with Crippen molar-refractivity contribution >= 4 is 11.6 Å². The molecule has 1 aliphatic rings. The van der Waals surface area contributed by atoms with E-state index >= 15 is 0 Å². The van der Waals surface area contributed by atoms with Crippen LogP contribution in [-0.4, -0.2) is 24.0 Å². The summed E-state index contributed by atoms with van der Waals surface area (Å²) in [5.41, 5.74) is 2.62. The average molecular weight is 327 g/mol. The number of aryl methyl sites for hydroxylation is 1. The van der Waals surface area contributed by atoms with Crippen LogP contribution in [0.15, 0.2) is 36.4 Å². The number of carbonyl (C=O) groups is 1. The molecule has 0 unspecified atom stereocenters. The molecule has 0 aliphatic carbocycles. The summed E-state index contributed by atoms with van der Waals surface area (Å²) in [6.45, 7) is 13.4. The largest absolute Gasteiger partial charge is 0.493 e. The number of rotatable bonds is 4. The zero-order valence-corrected chi connectivity index (χ0v) is 15.7. The van der Waals surface area contributed by atoms with E-state index in [1.165, 1.54) is 0 Å². The molecule has 0 fully saturated rings. The Morgan fingerprint density at radius 3 is 2.62 bits per heavy atom. The van der Waals surface area contributed by atoms with Crippen LogP contribution in [0.2, 0.25) is 0 Å². The van der Waals surface area contributed by atoms with Gasteiger partial charge in [0, 0.05) is 17.5 Å². The van der Waals surface area contributed by atoms with Crippen LogP contribution < -0.4 is 4.74 Å². The lowest BCUT2D eigenvalue weighted by Gasteiger charge is -2.33. The molecule has 0 radical (unpaired) electrons. The van der Waals surface area contributed by atoms with Crippen molar-refractivity contribution < 1.29 is 9.53 Å². The molecule has 130 valence electrons. The Morgan fingerprint density at radius 1 is 1.29 bits per heavy atom. The van der Waals surface area contributed by atoms with Crippen molar-refractivity contribution in [3.63, 3.8) is 0 Å². The van der Waals surface area contributed by atoms with Crippen molar-refractivity contribution in [1.82, 2.24) is 4.90 Å². The number of nitrogens with zero attached hydrogens (tertiary/aromatic N) is 1. The number of amides is 1. The van der Waals surface area contributed by atoms with Gasteiger partial charge in [-0.2, -0.15) is 0 Å². The predicted octanol–water partition coefficient (Wildman–Crippen LogP) is 4.82. The van der Waals surface area contributed by atoms with E-state index in [1.54, 1.807) is 0 Å². The molecule has 0 aromatic heterocycles. The first-order chi connectivity index (χ1) is 11.2. The Kier molecular flexibility index (Phi) is 5.53. The molecular weight excluding hydrogens is 298 g/mol. The van der Waals surface area contributed by atoms with E-state index in [-0.39, 0.29) is 5.91 Å². The zero-order chi connectivity index (χ0) is 17.9. The van der Waals surface area contributed by atoms with Crippen molar-refractivity contribution in [1.29, 1.82) is 0 Å². The fourth-order valence-electron chi connectivity index (χ4n) is 2.56. The van der Waals surface area contributed by atoms with Gasteiger partial charge in [-0.25, -0.2) is 0 Å². The van der Waals surface area contributed by atoms with Crippen LogP contribution in [0, 0.1) is 18.3 Å². The van der Waals surface area contributed by atoms with Gasteiger partial charge in [0.2, 0.25) is 5.91 Å². The summed E-state index contributed by atoms with van der Waals surface area (Å²) >= 11 is 0. The van der Waals surface area contributed by atoms with E-state index in [9.17, 15) is 4.79 Å². The molecule has 0 spiro atoms. The smallest absolute Gasteiger partial charge is 0.232 e. The van der Waals surface area contributed by atoms with Crippen LogP contribution >= 0.6 is 0 Å². The fraction of sp³-hybridized carbons (Fsp3) is 0.476. The predicted molar refractivity (Wildman–Crippen MR) is 99.8 cm³/mol. The zero-order valence-electron chi connectivity index (χ0n) is 15.7. The van der Waals surface area contributed by atoms with Crippen molar-refractivity contribution in [2.45, 2.75) is 41.5 Å². The molecule has 0 bridgehead atoms. The molecule has 1 aromatic rings. The van der Waals surface area contributed by atoms with Gasteiger partial charge in [0.1, 0.15) is 5.75 Å². The first-order valence-electron chi connectivity index (χ1n) is 8.62. The summed E-state index contributed by atoms with van der Waals surface area (Å²) in [6, 6.07) is 6.17. The maximum absolute atomic E-state index is 12.9. The van der Waals surface area contributed by atoms with Gasteiger partial charge in [0.15, 0.2) is 0 Å². The SMILES string of the molecule is Cc1ccc(C2=CC=CCN2C(=O)C(C)(C)C)c(OCC(C)C)c1. The summed E-state index contributed by atoms with van der Waals surface area (Å²) < 4.78 is 6.04. The van der Waals surface area contributed by atoms with E-state index in [0.29, 0.717) is 19.1 Å². The van der Waals surface area contributed by atoms with E-state index in [2.05, 4.69) is 39.0 Å². The third-order valence-electron chi connectivity index (χ3n) is 3.84. The van der Waals surface area contributed by atoms with Crippen LogP contribution in [0.4, 0.5) is 0 Å². The number of hydrogen-bond donors (Lipinski definition) is 0. The topological polar surface area (TPSA) is 29.5 Å². The maximum Gasteiger partial charge on any atom is 0.232 e. The average Bonchev–Trinajstić information content (AvgIpc) is 2.51. The maximum atomic E-state index is 12.9. The second-order valence-corrected chi connectivity index (χ2v) is 7.85. The Hall–Kier alpha value is -2.03. The molecule has 1 amide bonds. The second-order valence-electron chi connectivity index (χ2n) is 7.85. The fourth-order valence-corrected chi connectivity index (χ4v) is 2.56. The van der Waals surface area contributed by atoms with Gasteiger partial charge in [0.05, 0.1) is 12.3 Å². The summed E-state index contributed by atoms with van der Waals surface area (Å²) in [6.07, 6.45) is 6.02. The quantitative estimate of drug-likeness (QED) is 0.794. The lowest BCUT2D eigenvalue weighted by molar-refractivity contribution is -0.135. The highest BCUT2D eigenvalue weighted by Crippen LogP contribution is 2.34. The monoisotopic (exact) mass is 327 g/mol. The van der Waals surface area contributed by atoms with Crippen LogP contribution in [-0.2, 0) is 4.79 Å². The number of allylic oxidation sites excluding steroid dienone is 2. The number of benzene rings is 1. The molecule has 0 N–H and O–H groups in total. The van der Waals surface area contributed by atoms with Gasteiger partial charge in [-0.15, -0.1) is 0 Å². The molecule has 3 heteroatoms. The Bertz CT molecular complexity index is 663. The molecular formula is C21H29NO2. The van der Waals surface area contributed by atoms with E-state index in [4.69, 9.17) is 4.74 Å². The van der Waals surface area contributed by atoms with Crippen LogP contribution in [0.1, 0.15) is 45.7 Å². The molecule has 0 saturated heterocycles. The van der Waals surface area contributed by atoms with Gasteiger partial charge < -0.3 is 9.64 Å². The minimum absolute atomic E-state index is 0.119. The van der Waals surface area contributed by atoms with Crippen LogP contribution in [0.25, 0.3) is 5.70 Å². The van der Waals surface area contributed by atoms with Crippen molar-refractivity contribution in [2.75, 3.05) is 13.2 Å². The summed E-state index contributed by atoms with van der Waals surface area (Å²) in [4.78, 5) is 14.7. The van der Waals surface area contributed by atoms with Crippen LogP contribution in [0.3, 0.4) is 0 Å². The summed E-state index contributed by atoms with van der Waals surface area (Å²) in [7, 11) is 0. The van der Waals surface area contributed by atoms with E-state index in [1.807, 2.05) is 43.9 Å². The van der Waals surface area contributed by atoms with Gasteiger partial charge in [0.25, 0.3) is 0 Å². The molecule has 1 aromatic carbocycles. The van der Waals surface area contributed by atoms with E-state index < -0.39 is 5.41 Å². The Labute approximate surface area is 146 Å². The van der Waals surface area contributed by atoms with Gasteiger partial charge >= 0.3 is 0 Å². The van der Waals surface area contributed by atoms with Crippen molar-refractivity contribution in [3.8, 4) is 5.75 Å².